The number of thiazole rings is 1. The molecule has 0 unspecified atom stereocenters. The fraction of sp³-hybridized carbons (Fsp3) is 0.143. The lowest BCUT2D eigenvalue weighted by molar-refractivity contribution is -0.140. The summed E-state index contributed by atoms with van der Waals surface area (Å²) in [6, 6.07) is 0. The molecule has 2 heterocycles. The van der Waals surface area contributed by atoms with Crippen molar-refractivity contribution in [2.45, 2.75) is 6.18 Å². The van der Waals surface area contributed by atoms with Gasteiger partial charge in [-0.25, -0.2) is 9.97 Å². The summed E-state index contributed by atoms with van der Waals surface area (Å²) in [7, 11) is 0. The lowest BCUT2D eigenvalue weighted by Gasteiger charge is -2.00. The van der Waals surface area contributed by atoms with Gasteiger partial charge in [-0.3, -0.25) is 0 Å². The number of nitrogens with one attached hydrogen (secondary N) is 1. The topological polar surface area (TPSA) is 41.6 Å². The number of H-pyrrole nitrogens is 1. The first kappa shape index (κ1) is 9.20. The van der Waals surface area contributed by atoms with Crippen LogP contribution in [0.25, 0.3) is 11.5 Å². The summed E-state index contributed by atoms with van der Waals surface area (Å²) in [5.74, 6) is 0.138. The molecule has 0 aliphatic heterocycles. The van der Waals surface area contributed by atoms with Gasteiger partial charge in [-0.1, -0.05) is 0 Å². The van der Waals surface area contributed by atoms with E-state index in [1.54, 1.807) is 5.38 Å². The van der Waals surface area contributed by atoms with Crippen LogP contribution < -0.4 is 0 Å². The van der Waals surface area contributed by atoms with E-state index in [-0.39, 0.29) is 5.82 Å². The van der Waals surface area contributed by atoms with Crippen LogP contribution in [0.15, 0.2) is 17.1 Å². The Morgan fingerprint density at radius 3 is 2.57 bits per heavy atom. The van der Waals surface area contributed by atoms with E-state index in [0.29, 0.717) is 5.69 Å². The highest BCUT2D eigenvalue weighted by atomic mass is 32.1. The van der Waals surface area contributed by atoms with Crippen molar-refractivity contribution in [1.82, 2.24) is 15.0 Å². The third-order valence-electron chi connectivity index (χ3n) is 1.56. The SMILES string of the molecule is FC(F)(F)c1cnc(-c2cscn2)[nH]1. The Hall–Kier alpha value is -1.37. The van der Waals surface area contributed by atoms with Gasteiger partial charge in [-0.15, -0.1) is 11.3 Å². The molecule has 0 aliphatic carbocycles. The summed E-state index contributed by atoms with van der Waals surface area (Å²) in [5.41, 5.74) is 1.09. The molecule has 0 radical (unpaired) electrons. The zero-order chi connectivity index (χ0) is 10.2. The fourth-order valence-corrected chi connectivity index (χ4v) is 1.46. The summed E-state index contributed by atoms with van der Waals surface area (Å²) in [4.78, 5) is 9.60. The average Bonchev–Trinajstić information content (AvgIpc) is 2.73. The molecule has 1 N–H and O–H groups in total. The van der Waals surface area contributed by atoms with E-state index in [0.717, 1.165) is 6.20 Å². The number of alkyl halides is 3. The molecule has 2 aromatic heterocycles. The van der Waals surface area contributed by atoms with Crippen molar-refractivity contribution in [2.24, 2.45) is 0 Å². The predicted octanol–water partition coefficient (Wildman–Crippen LogP) is 2.55. The molecule has 74 valence electrons. The van der Waals surface area contributed by atoms with Crippen LogP contribution >= 0.6 is 11.3 Å². The van der Waals surface area contributed by atoms with Crippen molar-refractivity contribution in [3.8, 4) is 11.5 Å². The van der Waals surface area contributed by atoms with Crippen LogP contribution in [0.1, 0.15) is 5.69 Å². The third kappa shape index (κ3) is 1.63. The summed E-state index contributed by atoms with van der Waals surface area (Å²) in [5, 5.41) is 1.62. The number of imidazole rings is 1. The molecule has 0 aliphatic rings. The van der Waals surface area contributed by atoms with Crippen molar-refractivity contribution in [3.63, 3.8) is 0 Å². The lowest BCUT2D eigenvalue weighted by Crippen LogP contribution is -2.04. The van der Waals surface area contributed by atoms with Crippen LogP contribution in [0.2, 0.25) is 0 Å². The van der Waals surface area contributed by atoms with Gasteiger partial charge in [0.15, 0.2) is 5.82 Å². The molecule has 14 heavy (non-hydrogen) atoms. The number of hydrogen-bond donors (Lipinski definition) is 1. The van der Waals surface area contributed by atoms with Gasteiger partial charge in [0, 0.05) is 5.38 Å². The Bertz CT molecular complexity index is 418. The van der Waals surface area contributed by atoms with E-state index in [2.05, 4.69) is 15.0 Å². The first-order valence-corrected chi connectivity index (χ1v) is 4.52. The minimum atomic E-state index is -4.39. The number of aromatic nitrogens is 3. The van der Waals surface area contributed by atoms with Crippen LogP contribution in [0.5, 0.6) is 0 Å². The second-order valence-electron chi connectivity index (χ2n) is 2.52. The monoisotopic (exact) mass is 219 g/mol. The van der Waals surface area contributed by atoms with Gasteiger partial charge in [-0.05, 0) is 0 Å². The first-order valence-electron chi connectivity index (χ1n) is 3.58. The van der Waals surface area contributed by atoms with Gasteiger partial charge in [-0.2, -0.15) is 13.2 Å². The van der Waals surface area contributed by atoms with Gasteiger partial charge >= 0.3 is 6.18 Å². The molecule has 7 heteroatoms. The summed E-state index contributed by atoms with van der Waals surface area (Å²) in [6.07, 6.45) is -3.63. The Morgan fingerprint density at radius 1 is 1.29 bits per heavy atom. The molecule has 0 amide bonds. The third-order valence-corrected chi connectivity index (χ3v) is 2.14. The zero-order valence-corrected chi connectivity index (χ0v) is 7.49. The highest BCUT2D eigenvalue weighted by Crippen LogP contribution is 2.29. The molecule has 2 aromatic rings. The van der Waals surface area contributed by atoms with E-state index >= 15 is 0 Å². The Balaban J connectivity index is 2.36. The number of rotatable bonds is 1. The van der Waals surface area contributed by atoms with Crippen molar-refractivity contribution in [1.29, 1.82) is 0 Å². The minimum Gasteiger partial charge on any atom is -0.333 e. The van der Waals surface area contributed by atoms with Gasteiger partial charge < -0.3 is 4.98 Å². The van der Waals surface area contributed by atoms with Gasteiger partial charge in [0.1, 0.15) is 11.4 Å². The van der Waals surface area contributed by atoms with E-state index in [4.69, 9.17) is 0 Å². The van der Waals surface area contributed by atoms with Gasteiger partial charge in [0.2, 0.25) is 0 Å². The van der Waals surface area contributed by atoms with Crippen molar-refractivity contribution < 1.29 is 13.2 Å². The van der Waals surface area contributed by atoms with Crippen LogP contribution in [-0.4, -0.2) is 15.0 Å². The summed E-state index contributed by atoms with van der Waals surface area (Å²) < 4.78 is 36.5. The number of halogens is 3. The number of nitrogens with zero attached hydrogens (tertiary/aromatic N) is 2. The molecule has 0 saturated heterocycles. The second-order valence-corrected chi connectivity index (χ2v) is 3.24. The highest BCUT2D eigenvalue weighted by Gasteiger charge is 2.33. The van der Waals surface area contributed by atoms with Crippen LogP contribution in [0.4, 0.5) is 13.2 Å². The quantitative estimate of drug-likeness (QED) is 0.800. The van der Waals surface area contributed by atoms with Crippen LogP contribution in [0.3, 0.4) is 0 Å². The molecule has 3 nitrogen and oxygen atoms in total. The largest absolute Gasteiger partial charge is 0.432 e. The zero-order valence-electron chi connectivity index (χ0n) is 6.67. The van der Waals surface area contributed by atoms with E-state index in [1.807, 2.05) is 0 Å². The number of hydrogen-bond acceptors (Lipinski definition) is 3. The molecule has 2 rings (SSSR count). The van der Waals surface area contributed by atoms with Crippen LogP contribution in [-0.2, 0) is 6.18 Å². The van der Waals surface area contributed by atoms with Crippen molar-refractivity contribution in [3.05, 3.63) is 22.8 Å². The maximum atomic E-state index is 12.2. The molecule has 0 fully saturated rings. The molecule has 0 bridgehead atoms. The molecule has 0 spiro atoms. The Morgan fingerprint density at radius 2 is 2.07 bits per heavy atom. The molecular weight excluding hydrogens is 215 g/mol. The van der Waals surface area contributed by atoms with Gasteiger partial charge in [0.25, 0.3) is 0 Å². The van der Waals surface area contributed by atoms with Crippen LogP contribution in [0, 0.1) is 0 Å². The average molecular weight is 219 g/mol. The predicted molar refractivity (Wildman–Crippen MR) is 44.7 cm³/mol. The van der Waals surface area contributed by atoms with Crippen molar-refractivity contribution in [2.75, 3.05) is 0 Å². The summed E-state index contributed by atoms with van der Waals surface area (Å²) >= 11 is 1.30. The smallest absolute Gasteiger partial charge is 0.333 e. The molecular formula is C7H4F3N3S. The second kappa shape index (κ2) is 3.09. The van der Waals surface area contributed by atoms with Crippen molar-refractivity contribution >= 4 is 11.3 Å². The van der Waals surface area contributed by atoms with E-state index in [9.17, 15) is 13.2 Å². The maximum absolute atomic E-state index is 12.2. The molecule has 0 saturated carbocycles. The normalized spacial score (nSPS) is 11.9. The number of aromatic amines is 1. The van der Waals surface area contributed by atoms with E-state index < -0.39 is 11.9 Å². The molecule has 0 atom stereocenters. The standard InChI is InChI=1S/C7H4F3N3S/c8-7(9,10)5-1-11-6(13-5)4-2-14-3-12-4/h1-3H,(H,11,13). The Kier molecular flexibility index (Phi) is 2.03. The highest BCUT2D eigenvalue weighted by molar-refractivity contribution is 7.07. The summed E-state index contributed by atoms with van der Waals surface area (Å²) in [6.45, 7) is 0. The first-order chi connectivity index (χ1) is 6.57. The molecule has 0 aromatic carbocycles. The maximum Gasteiger partial charge on any atom is 0.432 e. The van der Waals surface area contributed by atoms with Gasteiger partial charge in [0.05, 0.1) is 11.7 Å². The Labute approximate surface area is 80.6 Å². The minimum absolute atomic E-state index is 0.138. The lowest BCUT2D eigenvalue weighted by atomic mass is 10.4. The fourth-order valence-electron chi connectivity index (χ4n) is 0.925. The van der Waals surface area contributed by atoms with E-state index in [1.165, 1.54) is 16.8 Å².